The monoisotopic (exact) mass is 470 g/mol. The summed E-state index contributed by atoms with van der Waals surface area (Å²) in [4.78, 5) is 43.9. The Morgan fingerprint density at radius 2 is 2.00 bits per heavy atom. The molecule has 2 heterocycles. The van der Waals surface area contributed by atoms with E-state index in [1.165, 1.54) is 24.0 Å². The summed E-state index contributed by atoms with van der Waals surface area (Å²) < 4.78 is 5.04. The lowest BCUT2D eigenvalue weighted by molar-refractivity contribution is -0.131. The molecule has 0 radical (unpaired) electrons. The Morgan fingerprint density at radius 3 is 2.55 bits per heavy atom. The smallest absolute Gasteiger partial charge is 0.350 e. The predicted octanol–water partition coefficient (Wildman–Crippen LogP) is 4.49. The van der Waals surface area contributed by atoms with Crippen molar-refractivity contribution in [3.8, 4) is 11.8 Å². The Hall–Kier alpha value is -2.59. The molecule has 2 aliphatic rings. The van der Waals surface area contributed by atoms with E-state index in [4.69, 9.17) is 4.74 Å². The Labute approximate surface area is 201 Å². The summed E-state index contributed by atoms with van der Waals surface area (Å²) in [6.07, 6.45) is 4.11. The van der Waals surface area contributed by atoms with Gasteiger partial charge in [-0.3, -0.25) is 14.5 Å². The summed E-state index contributed by atoms with van der Waals surface area (Å²) in [7, 11) is 3.07. The minimum Gasteiger partial charge on any atom is -0.465 e. The van der Waals surface area contributed by atoms with Crippen molar-refractivity contribution in [3.63, 3.8) is 0 Å². The zero-order valence-corrected chi connectivity index (χ0v) is 21.5. The molecule has 3 atom stereocenters. The highest BCUT2D eigenvalue weighted by Crippen LogP contribution is 2.38. The predicted molar refractivity (Wildman–Crippen MR) is 131 cm³/mol. The van der Waals surface area contributed by atoms with Crippen LogP contribution in [-0.2, 0) is 14.3 Å². The highest BCUT2D eigenvalue weighted by Gasteiger charge is 2.43. The van der Waals surface area contributed by atoms with E-state index in [9.17, 15) is 14.4 Å². The van der Waals surface area contributed by atoms with Gasteiger partial charge in [0.25, 0.3) is 0 Å². The van der Waals surface area contributed by atoms with E-state index < -0.39 is 12.0 Å². The highest BCUT2D eigenvalue weighted by atomic mass is 32.1. The molecule has 0 N–H and O–H groups in total. The number of likely N-dealkylation sites (tertiary alicyclic amines) is 1. The van der Waals surface area contributed by atoms with E-state index in [1.807, 2.05) is 20.8 Å². The van der Waals surface area contributed by atoms with Crippen LogP contribution in [0.2, 0.25) is 0 Å². The van der Waals surface area contributed by atoms with E-state index in [-0.39, 0.29) is 29.1 Å². The number of thiophene rings is 1. The summed E-state index contributed by atoms with van der Waals surface area (Å²) in [6.45, 7) is 10.8. The molecule has 0 aromatic carbocycles. The number of ether oxygens (including phenoxy) is 1. The molecule has 6 nitrogen and oxygen atoms in total. The van der Waals surface area contributed by atoms with Crippen LogP contribution in [0, 0.1) is 29.1 Å². The zero-order valence-electron chi connectivity index (χ0n) is 20.7. The maximum absolute atomic E-state index is 14.0. The number of hydrogen-bond acceptors (Lipinski definition) is 5. The molecule has 7 heteroatoms. The molecule has 33 heavy (non-hydrogen) atoms. The lowest BCUT2D eigenvalue weighted by Gasteiger charge is -2.35. The maximum atomic E-state index is 14.0. The number of rotatable bonds is 4. The van der Waals surface area contributed by atoms with Gasteiger partial charge in [-0.25, -0.2) is 4.79 Å². The Balaban J connectivity index is 2.12. The summed E-state index contributed by atoms with van der Waals surface area (Å²) >= 11 is 1.21. The molecule has 0 spiro atoms. The fraction of sp³-hybridized carbons (Fsp3) is 0.577. The average Bonchev–Trinajstić information content (AvgIpc) is 3.30. The third-order valence-electron chi connectivity index (χ3n) is 6.22. The van der Waals surface area contributed by atoms with Crippen molar-refractivity contribution in [2.24, 2.45) is 17.3 Å². The van der Waals surface area contributed by atoms with Gasteiger partial charge in [-0.2, -0.15) is 0 Å². The number of likely N-dealkylation sites (N-methyl/N-ethyl adjacent to an activating group) is 1. The number of allylic oxidation sites excluding steroid dienone is 2. The molecular formula is C26H34N2O4S. The van der Waals surface area contributed by atoms with Crippen molar-refractivity contribution >= 4 is 34.8 Å². The van der Waals surface area contributed by atoms with Crippen LogP contribution in [0.15, 0.2) is 17.7 Å². The largest absolute Gasteiger partial charge is 0.465 e. The molecule has 1 aliphatic carbocycles. The lowest BCUT2D eigenvalue weighted by Crippen LogP contribution is -2.49. The first kappa shape index (κ1) is 25.0. The molecule has 3 rings (SSSR count). The van der Waals surface area contributed by atoms with Crippen LogP contribution < -0.4 is 4.90 Å². The first-order chi connectivity index (χ1) is 15.4. The van der Waals surface area contributed by atoms with Crippen molar-refractivity contribution < 1.29 is 19.1 Å². The summed E-state index contributed by atoms with van der Waals surface area (Å²) in [5.41, 5.74) is 1.50. The fourth-order valence-electron chi connectivity index (χ4n) is 4.41. The van der Waals surface area contributed by atoms with Gasteiger partial charge in [0.2, 0.25) is 11.8 Å². The van der Waals surface area contributed by atoms with E-state index in [0.717, 1.165) is 6.42 Å². The van der Waals surface area contributed by atoms with Crippen molar-refractivity contribution in [1.82, 2.24) is 4.90 Å². The van der Waals surface area contributed by atoms with E-state index in [2.05, 4.69) is 31.8 Å². The SMILES string of the molecule is COC(=O)c1sc(C#CC(C)(C)C)cc1N(C(=O)C1CC=C(C)C[C@@H]1C)[C@H]1CCN(C)C1=O. The zero-order chi connectivity index (χ0) is 24.5. The molecule has 1 aliphatic heterocycles. The number of methoxy groups -OCH3 is 1. The van der Waals surface area contributed by atoms with Gasteiger partial charge in [-0.15, -0.1) is 11.3 Å². The third-order valence-corrected chi connectivity index (χ3v) is 7.24. The highest BCUT2D eigenvalue weighted by molar-refractivity contribution is 7.15. The number of carbonyl (C=O) groups is 3. The Morgan fingerprint density at radius 1 is 1.30 bits per heavy atom. The normalized spacial score (nSPS) is 23.0. The first-order valence-electron chi connectivity index (χ1n) is 11.4. The quantitative estimate of drug-likeness (QED) is 0.369. The number of carbonyl (C=O) groups excluding carboxylic acids is 3. The van der Waals surface area contributed by atoms with Crippen molar-refractivity contribution in [2.45, 2.75) is 59.9 Å². The number of esters is 1. The second kappa shape index (κ2) is 9.72. The van der Waals surface area contributed by atoms with Crippen molar-refractivity contribution in [1.29, 1.82) is 0 Å². The van der Waals surface area contributed by atoms with Gasteiger partial charge in [0.05, 0.1) is 17.7 Å². The van der Waals surface area contributed by atoms with Crippen LogP contribution >= 0.6 is 11.3 Å². The average molecular weight is 471 g/mol. The van der Waals surface area contributed by atoms with Gasteiger partial charge >= 0.3 is 5.97 Å². The topological polar surface area (TPSA) is 66.9 Å². The minimum atomic E-state index is -0.636. The van der Waals surface area contributed by atoms with Gasteiger partial charge < -0.3 is 9.64 Å². The standard InChI is InChI=1S/C26H34N2O4S/c1-16-8-9-19(17(2)14-16)23(29)28(20-11-13-27(6)24(20)30)21-15-18(10-12-26(3,4)5)33-22(21)25(31)32-7/h8,15,17,19-20H,9,11,13-14H2,1-7H3/t17-,19?,20-/m0/s1. The minimum absolute atomic E-state index is 0.108. The molecule has 0 bridgehead atoms. The Bertz CT molecular complexity index is 1040. The van der Waals surface area contributed by atoms with Gasteiger partial charge in [-0.1, -0.05) is 30.4 Å². The number of nitrogens with zero attached hydrogens (tertiary/aromatic N) is 2. The number of amides is 2. The molecular weight excluding hydrogens is 436 g/mol. The molecule has 2 amide bonds. The molecule has 1 aromatic rings. The summed E-state index contributed by atoms with van der Waals surface area (Å²) in [5, 5.41) is 0. The van der Waals surface area contributed by atoms with Gasteiger partial charge in [-0.05, 0) is 58.9 Å². The van der Waals surface area contributed by atoms with Gasteiger partial charge in [0, 0.05) is 24.9 Å². The molecule has 1 fully saturated rings. The van der Waals surface area contributed by atoms with Crippen LogP contribution in [0.1, 0.15) is 68.4 Å². The first-order valence-corrected chi connectivity index (χ1v) is 12.2. The number of anilines is 1. The maximum Gasteiger partial charge on any atom is 0.350 e. The van der Waals surface area contributed by atoms with Crippen LogP contribution in [0.5, 0.6) is 0 Å². The van der Waals surface area contributed by atoms with E-state index >= 15 is 0 Å². The van der Waals surface area contributed by atoms with Gasteiger partial charge in [0.1, 0.15) is 10.9 Å². The molecule has 1 saturated heterocycles. The van der Waals surface area contributed by atoms with Crippen LogP contribution in [0.25, 0.3) is 0 Å². The Kier molecular flexibility index (Phi) is 7.38. The summed E-state index contributed by atoms with van der Waals surface area (Å²) in [6, 6.07) is 1.14. The van der Waals surface area contributed by atoms with Crippen LogP contribution in [0.3, 0.4) is 0 Å². The second-order valence-electron chi connectivity index (χ2n) is 10.2. The van der Waals surface area contributed by atoms with Crippen LogP contribution in [-0.4, -0.2) is 49.4 Å². The summed E-state index contributed by atoms with van der Waals surface area (Å²) in [5.74, 6) is 5.48. The fourth-order valence-corrected chi connectivity index (χ4v) is 5.33. The molecule has 1 unspecified atom stereocenters. The molecule has 1 aromatic heterocycles. The number of hydrogen-bond donors (Lipinski definition) is 0. The van der Waals surface area contributed by atoms with Crippen molar-refractivity contribution in [3.05, 3.63) is 27.5 Å². The molecule has 178 valence electrons. The second-order valence-corrected chi connectivity index (χ2v) is 11.2. The van der Waals surface area contributed by atoms with E-state index in [0.29, 0.717) is 34.8 Å². The van der Waals surface area contributed by atoms with Gasteiger partial charge in [0.15, 0.2) is 0 Å². The van der Waals surface area contributed by atoms with Crippen molar-refractivity contribution in [2.75, 3.05) is 25.6 Å². The van der Waals surface area contributed by atoms with E-state index in [1.54, 1.807) is 22.9 Å². The third kappa shape index (κ3) is 5.50. The lowest BCUT2D eigenvalue weighted by atomic mass is 9.80. The van der Waals surface area contributed by atoms with Crippen LogP contribution in [0.4, 0.5) is 5.69 Å². The molecule has 0 saturated carbocycles.